The van der Waals surface area contributed by atoms with Gasteiger partial charge >= 0.3 is 17.8 Å². The fourth-order valence-corrected chi connectivity index (χ4v) is 3.20. The third-order valence-electron chi connectivity index (χ3n) is 5.08. The Morgan fingerprint density at radius 3 is 2.35 bits per heavy atom. The summed E-state index contributed by atoms with van der Waals surface area (Å²) in [6.07, 6.45) is 0. The smallest absolute Gasteiger partial charge is 0.339 e. The third-order valence-corrected chi connectivity index (χ3v) is 5.08. The van der Waals surface area contributed by atoms with E-state index in [0.717, 1.165) is 0 Å². The molecule has 1 unspecified atom stereocenters. The molecule has 1 fully saturated rings. The first-order valence-electron chi connectivity index (χ1n) is 9.69. The Morgan fingerprint density at radius 1 is 1.06 bits per heavy atom. The predicted octanol–water partition coefficient (Wildman–Crippen LogP) is 2.74. The van der Waals surface area contributed by atoms with Gasteiger partial charge in [0.2, 0.25) is 5.91 Å². The molecule has 3 rings (SSSR count). The molecular formula is C22H22FN3O5. The molecule has 0 spiro atoms. The van der Waals surface area contributed by atoms with Crippen LogP contribution in [-0.4, -0.2) is 53.8 Å². The van der Waals surface area contributed by atoms with Gasteiger partial charge in [-0.2, -0.15) is 0 Å². The lowest BCUT2D eigenvalue weighted by Crippen LogP contribution is -2.43. The zero-order valence-corrected chi connectivity index (χ0v) is 17.4. The van der Waals surface area contributed by atoms with Crippen LogP contribution in [0.2, 0.25) is 0 Å². The number of carbonyl (C=O) groups excluding carboxylic acids is 4. The second-order valence-electron chi connectivity index (χ2n) is 6.95. The molecule has 9 heteroatoms. The van der Waals surface area contributed by atoms with Gasteiger partial charge in [0.15, 0.2) is 0 Å². The summed E-state index contributed by atoms with van der Waals surface area (Å²) in [5.74, 6) is -2.82. The van der Waals surface area contributed by atoms with Crippen LogP contribution in [0, 0.1) is 5.82 Å². The van der Waals surface area contributed by atoms with Crippen LogP contribution in [0.1, 0.15) is 25.5 Å². The van der Waals surface area contributed by atoms with Crippen molar-refractivity contribution >= 4 is 29.4 Å². The number of ether oxygens (including phenoxy) is 1. The number of hydrogen-bond donors (Lipinski definition) is 0. The van der Waals surface area contributed by atoms with Crippen LogP contribution in [0.25, 0.3) is 0 Å². The van der Waals surface area contributed by atoms with Crippen molar-refractivity contribution in [3.8, 4) is 5.75 Å². The van der Waals surface area contributed by atoms with Gasteiger partial charge in [-0.1, -0.05) is 24.3 Å². The largest absolute Gasteiger partial charge is 0.492 e. The van der Waals surface area contributed by atoms with E-state index >= 15 is 0 Å². The number of urea groups is 1. The number of rotatable bonds is 7. The van der Waals surface area contributed by atoms with E-state index in [0.29, 0.717) is 22.0 Å². The zero-order valence-electron chi connectivity index (χ0n) is 17.4. The molecule has 1 aliphatic heterocycles. The number of likely N-dealkylation sites (N-methyl/N-ethyl adjacent to an activating group) is 1. The molecule has 162 valence electrons. The Labute approximate surface area is 178 Å². The minimum absolute atomic E-state index is 0.135. The summed E-state index contributed by atoms with van der Waals surface area (Å²) in [5.41, 5.74) is 0.815. The van der Waals surface area contributed by atoms with Crippen LogP contribution in [0.4, 0.5) is 14.9 Å². The first kappa shape index (κ1) is 21.9. The van der Waals surface area contributed by atoms with E-state index in [1.165, 1.54) is 30.1 Å². The quantitative estimate of drug-likeness (QED) is 0.501. The SMILES string of the molecule is CCOc1ccccc1N1C(=O)C(=O)N(CC(=O)N(C)C(C)c2ccc(F)cc2)C1=O. The first-order chi connectivity index (χ1) is 14.8. The summed E-state index contributed by atoms with van der Waals surface area (Å²) in [5, 5.41) is 0. The number of nitrogens with zero attached hydrogens (tertiary/aromatic N) is 3. The van der Waals surface area contributed by atoms with Crippen LogP contribution in [0.15, 0.2) is 48.5 Å². The van der Waals surface area contributed by atoms with Gasteiger partial charge in [0.1, 0.15) is 18.1 Å². The molecule has 0 bridgehead atoms. The van der Waals surface area contributed by atoms with Gasteiger partial charge in [-0.15, -0.1) is 0 Å². The molecule has 31 heavy (non-hydrogen) atoms. The lowest BCUT2D eigenvalue weighted by atomic mass is 10.1. The summed E-state index contributed by atoms with van der Waals surface area (Å²) >= 11 is 0. The van der Waals surface area contributed by atoms with E-state index in [9.17, 15) is 23.6 Å². The number of para-hydroxylation sites is 2. The minimum atomic E-state index is -1.09. The van der Waals surface area contributed by atoms with Crippen LogP contribution < -0.4 is 9.64 Å². The molecule has 8 nitrogen and oxygen atoms in total. The molecular weight excluding hydrogens is 405 g/mol. The molecule has 0 N–H and O–H groups in total. The Bertz CT molecular complexity index is 1020. The van der Waals surface area contributed by atoms with Crippen molar-refractivity contribution in [2.24, 2.45) is 0 Å². The number of amides is 5. The molecule has 1 aliphatic rings. The predicted molar refractivity (Wildman–Crippen MR) is 110 cm³/mol. The van der Waals surface area contributed by atoms with Crippen molar-refractivity contribution in [3.63, 3.8) is 0 Å². The van der Waals surface area contributed by atoms with Crippen molar-refractivity contribution in [3.05, 3.63) is 59.9 Å². The topological polar surface area (TPSA) is 87.2 Å². The maximum atomic E-state index is 13.1. The summed E-state index contributed by atoms with van der Waals surface area (Å²) in [6, 6.07) is 10.7. The molecule has 1 atom stereocenters. The van der Waals surface area contributed by atoms with Crippen molar-refractivity contribution in [2.75, 3.05) is 25.1 Å². The number of imide groups is 2. The van der Waals surface area contributed by atoms with Crippen molar-refractivity contribution < 1.29 is 28.3 Å². The van der Waals surface area contributed by atoms with Gasteiger partial charge in [-0.25, -0.2) is 19.0 Å². The fourth-order valence-electron chi connectivity index (χ4n) is 3.20. The van der Waals surface area contributed by atoms with E-state index in [2.05, 4.69) is 0 Å². The maximum Gasteiger partial charge on any atom is 0.339 e. The molecule has 0 radical (unpaired) electrons. The van der Waals surface area contributed by atoms with Gasteiger partial charge in [0, 0.05) is 7.05 Å². The molecule has 0 saturated carbocycles. The van der Waals surface area contributed by atoms with Crippen LogP contribution in [0.5, 0.6) is 5.75 Å². The van der Waals surface area contributed by atoms with Gasteiger partial charge in [0.05, 0.1) is 18.3 Å². The number of carbonyl (C=O) groups is 4. The number of halogens is 1. The lowest BCUT2D eigenvalue weighted by molar-refractivity contribution is -0.142. The number of hydrogen-bond acceptors (Lipinski definition) is 5. The van der Waals surface area contributed by atoms with E-state index in [1.54, 1.807) is 44.2 Å². The minimum Gasteiger partial charge on any atom is -0.492 e. The monoisotopic (exact) mass is 427 g/mol. The molecule has 5 amide bonds. The second-order valence-corrected chi connectivity index (χ2v) is 6.95. The van der Waals surface area contributed by atoms with Crippen LogP contribution in [0.3, 0.4) is 0 Å². The van der Waals surface area contributed by atoms with Gasteiger partial charge < -0.3 is 9.64 Å². The van der Waals surface area contributed by atoms with E-state index in [-0.39, 0.29) is 11.4 Å². The van der Waals surface area contributed by atoms with Gasteiger partial charge in [-0.05, 0) is 43.7 Å². The van der Waals surface area contributed by atoms with Crippen molar-refractivity contribution in [1.82, 2.24) is 9.80 Å². The summed E-state index contributed by atoms with van der Waals surface area (Å²) in [7, 11) is 1.51. The number of anilines is 1. The van der Waals surface area contributed by atoms with Crippen molar-refractivity contribution in [1.29, 1.82) is 0 Å². The molecule has 1 saturated heterocycles. The van der Waals surface area contributed by atoms with E-state index in [4.69, 9.17) is 4.74 Å². The van der Waals surface area contributed by atoms with E-state index in [1.807, 2.05) is 0 Å². The maximum absolute atomic E-state index is 13.1. The summed E-state index contributed by atoms with van der Waals surface area (Å²) in [4.78, 5) is 53.2. The third kappa shape index (κ3) is 4.25. The Morgan fingerprint density at radius 2 is 1.71 bits per heavy atom. The Hall–Kier alpha value is -3.75. The highest BCUT2D eigenvalue weighted by molar-refractivity contribution is 6.53. The Balaban J connectivity index is 1.78. The molecule has 2 aromatic carbocycles. The highest BCUT2D eigenvalue weighted by Gasteiger charge is 2.47. The zero-order chi connectivity index (χ0) is 22.7. The van der Waals surface area contributed by atoms with E-state index < -0.39 is 42.2 Å². The fraction of sp³-hybridized carbons (Fsp3) is 0.273. The van der Waals surface area contributed by atoms with Crippen molar-refractivity contribution in [2.45, 2.75) is 19.9 Å². The summed E-state index contributed by atoms with van der Waals surface area (Å²) < 4.78 is 18.6. The van der Waals surface area contributed by atoms with Gasteiger partial charge in [-0.3, -0.25) is 14.4 Å². The average molecular weight is 427 g/mol. The average Bonchev–Trinajstić information content (AvgIpc) is 2.97. The van der Waals surface area contributed by atoms with Crippen LogP contribution >= 0.6 is 0 Å². The highest BCUT2D eigenvalue weighted by atomic mass is 19.1. The Kier molecular flexibility index (Phi) is 6.33. The molecule has 0 aromatic heterocycles. The molecule has 2 aromatic rings. The van der Waals surface area contributed by atoms with Gasteiger partial charge in [0.25, 0.3) is 0 Å². The lowest BCUT2D eigenvalue weighted by Gasteiger charge is -2.27. The first-order valence-corrected chi connectivity index (χ1v) is 9.69. The number of benzene rings is 2. The standard InChI is InChI=1S/C22H22FN3O5/c1-4-31-18-8-6-5-7-17(18)26-21(29)20(28)25(22(26)30)13-19(27)24(3)14(2)15-9-11-16(23)12-10-15/h5-12,14H,4,13H2,1-3H3. The van der Waals surface area contributed by atoms with Crippen LogP contribution in [-0.2, 0) is 14.4 Å². The second kappa shape index (κ2) is 8.95. The normalized spacial score (nSPS) is 14.8. The molecule has 0 aliphatic carbocycles. The molecule has 1 heterocycles. The highest BCUT2D eigenvalue weighted by Crippen LogP contribution is 2.32. The summed E-state index contributed by atoms with van der Waals surface area (Å²) in [6.45, 7) is 3.18.